The summed E-state index contributed by atoms with van der Waals surface area (Å²) in [5, 5.41) is 6.88. The van der Waals surface area contributed by atoms with Gasteiger partial charge in [-0.3, -0.25) is 4.79 Å². The molecule has 1 aromatic heterocycles. The predicted molar refractivity (Wildman–Crippen MR) is 118 cm³/mol. The first kappa shape index (κ1) is 19.0. The van der Waals surface area contributed by atoms with Crippen molar-refractivity contribution in [3.63, 3.8) is 0 Å². The molecule has 3 aromatic carbocycles. The van der Waals surface area contributed by atoms with Crippen LogP contribution in [0.15, 0.2) is 71.8 Å². The van der Waals surface area contributed by atoms with E-state index in [4.69, 9.17) is 16.3 Å². The molecule has 0 aliphatic heterocycles. The number of aryl methyl sites for hydroxylation is 1. The summed E-state index contributed by atoms with van der Waals surface area (Å²) < 4.78 is 7.69. The molecule has 1 N–H and O–H groups in total. The molecule has 4 rings (SSSR count). The first-order chi connectivity index (χ1) is 14.2. The van der Waals surface area contributed by atoms with Crippen molar-refractivity contribution in [3.05, 3.63) is 77.3 Å². The van der Waals surface area contributed by atoms with Crippen LogP contribution in [0.4, 0.5) is 0 Å². The van der Waals surface area contributed by atoms with Crippen molar-refractivity contribution in [3.8, 4) is 5.75 Å². The minimum atomic E-state index is -0.357. The lowest BCUT2D eigenvalue weighted by Crippen LogP contribution is -2.24. The highest BCUT2D eigenvalue weighted by Gasteiger charge is 2.09. The highest BCUT2D eigenvalue weighted by atomic mass is 35.5. The number of hydrogen-bond donors (Lipinski definition) is 1. The molecule has 0 atom stereocenters. The Balaban J connectivity index is 1.46. The van der Waals surface area contributed by atoms with Gasteiger partial charge in [0.1, 0.15) is 5.75 Å². The van der Waals surface area contributed by atoms with Crippen molar-refractivity contribution in [2.75, 3.05) is 6.61 Å². The number of ether oxygens (including phenoxy) is 1. The number of nitrogens with zero attached hydrogens (tertiary/aromatic N) is 2. The van der Waals surface area contributed by atoms with Gasteiger partial charge in [-0.1, -0.05) is 48.0 Å². The maximum atomic E-state index is 12.0. The number of hydrogen-bond acceptors (Lipinski definition) is 3. The van der Waals surface area contributed by atoms with Gasteiger partial charge in [0, 0.05) is 28.4 Å². The Hall–Kier alpha value is -3.31. The molecule has 5 nitrogen and oxygen atoms in total. The van der Waals surface area contributed by atoms with E-state index in [0.717, 1.165) is 12.1 Å². The molecule has 0 aliphatic rings. The van der Waals surface area contributed by atoms with Crippen LogP contribution in [-0.4, -0.2) is 23.3 Å². The predicted octanol–water partition coefficient (Wildman–Crippen LogP) is 5.00. The minimum absolute atomic E-state index is 0.163. The van der Waals surface area contributed by atoms with Crippen LogP contribution < -0.4 is 10.2 Å². The van der Waals surface area contributed by atoms with E-state index in [1.54, 1.807) is 30.5 Å². The lowest BCUT2D eigenvalue weighted by molar-refractivity contribution is -0.123. The van der Waals surface area contributed by atoms with E-state index in [0.29, 0.717) is 10.8 Å². The number of amides is 1. The number of halogens is 1. The van der Waals surface area contributed by atoms with E-state index in [2.05, 4.69) is 52.3 Å². The summed E-state index contributed by atoms with van der Waals surface area (Å²) in [6.45, 7) is 2.88. The van der Waals surface area contributed by atoms with Crippen molar-refractivity contribution >= 4 is 45.5 Å². The van der Waals surface area contributed by atoms with E-state index in [1.807, 2.05) is 12.1 Å². The number of carbonyl (C=O) groups is 1. The molecule has 0 radical (unpaired) electrons. The van der Waals surface area contributed by atoms with Gasteiger partial charge < -0.3 is 9.30 Å². The van der Waals surface area contributed by atoms with E-state index in [1.165, 1.54) is 21.8 Å². The minimum Gasteiger partial charge on any atom is -0.482 e. The molecule has 0 fully saturated rings. The maximum Gasteiger partial charge on any atom is 0.277 e. The quantitative estimate of drug-likeness (QED) is 0.362. The molecule has 0 aliphatic carbocycles. The summed E-state index contributed by atoms with van der Waals surface area (Å²) in [6.07, 6.45) is 1.63. The Morgan fingerprint density at radius 3 is 2.66 bits per heavy atom. The number of hydrazone groups is 1. The summed E-state index contributed by atoms with van der Waals surface area (Å²) in [4.78, 5) is 12.0. The molecule has 6 heteroatoms. The molecule has 1 amide bonds. The van der Waals surface area contributed by atoms with Crippen LogP contribution in [0.1, 0.15) is 12.5 Å². The van der Waals surface area contributed by atoms with E-state index in [-0.39, 0.29) is 12.5 Å². The van der Waals surface area contributed by atoms with Crippen molar-refractivity contribution in [2.24, 2.45) is 5.10 Å². The summed E-state index contributed by atoms with van der Waals surface area (Å²) in [5.41, 5.74) is 5.78. The summed E-state index contributed by atoms with van der Waals surface area (Å²) in [6, 6.07) is 21.5. The van der Waals surface area contributed by atoms with Gasteiger partial charge in [0.25, 0.3) is 5.91 Å². The van der Waals surface area contributed by atoms with Gasteiger partial charge in [0.15, 0.2) is 6.61 Å². The van der Waals surface area contributed by atoms with Crippen molar-refractivity contribution in [2.45, 2.75) is 13.5 Å². The molecule has 0 saturated carbocycles. The van der Waals surface area contributed by atoms with Crippen LogP contribution in [0.2, 0.25) is 5.02 Å². The fraction of sp³-hybridized carbons (Fsp3) is 0.130. The Morgan fingerprint density at radius 2 is 1.83 bits per heavy atom. The standard InChI is InChI=1S/C23H20ClN3O2/c1-2-27-20-9-5-3-7-17(20)18-13-16(11-12-21(18)27)14-25-26-23(28)15-29-22-10-6-4-8-19(22)24/h3-14H,2,15H2,1H3,(H,26,28)/b25-14+. The third kappa shape index (κ3) is 3.96. The fourth-order valence-corrected chi connectivity index (χ4v) is 3.60. The molecule has 0 unspecified atom stereocenters. The lowest BCUT2D eigenvalue weighted by atomic mass is 10.1. The van der Waals surface area contributed by atoms with Gasteiger partial charge in [-0.2, -0.15) is 5.10 Å². The molecule has 1 heterocycles. The van der Waals surface area contributed by atoms with Crippen molar-refractivity contribution in [1.82, 2.24) is 9.99 Å². The van der Waals surface area contributed by atoms with Gasteiger partial charge in [0.2, 0.25) is 0 Å². The number of rotatable bonds is 6. The molecular weight excluding hydrogens is 386 g/mol. The smallest absolute Gasteiger partial charge is 0.277 e. The third-order valence-electron chi connectivity index (χ3n) is 4.71. The zero-order valence-electron chi connectivity index (χ0n) is 15.9. The summed E-state index contributed by atoms with van der Waals surface area (Å²) in [5.74, 6) is 0.107. The van der Waals surface area contributed by atoms with E-state index >= 15 is 0 Å². The van der Waals surface area contributed by atoms with Gasteiger partial charge in [-0.25, -0.2) is 5.43 Å². The van der Waals surface area contributed by atoms with Crippen LogP contribution in [0.25, 0.3) is 21.8 Å². The second kappa shape index (κ2) is 8.37. The van der Waals surface area contributed by atoms with Crippen LogP contribution in [-0.2, 0) is 11.3 Å². The van der Waals surface area contributed by atoms with Gasteiger partial charge in [-0.15, -0.1) is 0 Å². The van der Waals surface area contributed by atoms with Crippen LogP contribution in [0.3, 0.4) is 0 Å². The fourth-order valence-electron chi connectivity index (χ4n) is 3.41. The highest BCUT2D eigenvalue weighted by Crippen LogP contribution is 2.29. The molecule has 0 bridgehead atoms. The molecule has 4 aromatic rings. The molecule has 146 valence electrons. The summed E-state index contributed by atoms with van der Waals surface area (Å²) >= 11 is 6.01. The second-order valence-electron chi connectivity index (χ2n) is 6.55. The number of fused-ring (bicyclic) bond motifs is 3. The maximum absolute atomic E-state index is 12.0. The van der Waals surface area contributed by atoms with E-state index in [9.17, 15) is 4.79 Å². The largest absolute Gasteiger partial charge is 0.482 e. The summed E-state index contributed by atoms with van der Waals surface area (Å²) in [7, 11) is 0. The van der Waals surface area contributed by atoms with Gasteiger partial charge in [0.05, 0.1) is 11.2 Å². The van der Waals surface area contributed by atoms with Gasteiger partial charge in [-0.05, 0) is 42.8 Å². The number of nitrogens with one attached hydrogen (secondary N) is 1. The number of benzene rings is 3. The SMILES string of the molecule is CCn1c2ccccc2c2cc(/C=N/NC(=O)COc3ccccc3Cl)ccc21. The van der Waals surface area contributed by atoms with Crippen molar-refractivity contribution in [1.29, 1.82) is 0 Å². The average molecular weight is 406 g/mol. The first-order valence-electron chi connectivity index (χ1n) is 9.37. The Bertz CT molecular complexity index is 1210. The average Bonchev–Trinajstić information content (AvgIpc) is 3.06. The topological polar surface area (TPSA) is 55.6 Å². The molecule has 0 spiro atoms. The molecular formula is C23H20ClN3O2. The zero-order valence-corrected chi connectivity index (χ0v) is 16.7. The van der Waals surface area contributed by atoms with Crippen LogP contribution in [0, 0.1) is 0 Å². The number of aromatic nitrogens is 1. The molecule has 29 heavy (non-hydrogen) atoms. The van der Waals surface area contributed by atoms with Gasteiger partial charge >= 0.3 is 0 Å². The monoisotopic (exact) mass is 405 g/mol. The number of para-hydroxylation sites is 2. The van der Waals surface area contributed by atoms with Crippen LogP contribution >= 0.6 is 11.6 Å². The van der Waals surface area contributed by atoms with E-state index < -0.39 is 0 Å². The van der Waals surface area contributed by atoms with Crippen molar-refractivity contribution < 1.29 is 9.53 Å². The first-order valence-corrected chi connectivity index (χ1v) is 9.75. The highest BCUT2D eigenvalue weighted by molar-refractivity contribution is 6.32. The zero-order chi connectivity index (χ0) is 20.2. The second-order valence-corrected chi connectivity index (χ2v) is 6.96. The molecule has 0 saturated heterocycles. The number of carbonyl (C=O) groups excluding carboxylic acids is 1. The lowest BCUT2D eigenvalue weighted by Gasteiger charge is -2.06. The third-order valence-corrected chi connectivity index (χ3v) is 5.02. The Kier molecular flexibility index (Phi) is 5.49. The normalized spacial score (nSPS) is 11.4. The van der Waals surface area contributed by atoms with Crippen LogP contribution in [0.5, 0.6) is 5.75 Å². The Morgan fingerprint density at radius 1 is 1.07 bits per heavy atom. The Labute approximate surface area is 173 Å².